The van der Waals surface area contributed by atoms with Crippen LogP contribution in [0.25, 0.3) is 10.9 Å². The number of pyridine rings is 2. The van der Waals surface area contributed by atoms with Crippen LogP contribution in [0.15, 0.2) is 29.1 Å². The van der Waals surface area contributed by atoms with Gasteiger partial charge in [0.1, 0.15) is 11.6 Å². The molecule has 174 valence electrons. The number of nitrogens with one attached hydrogen (secondary N) is 2. The number of anilines is 2. The van der Waals surface area contributed by atoms with E-state index in [4.69, 9.17) is 14.5 Å². The topological polar surface area (TPSA) is 96.3 Å². The van der Waals surface area contributed by atoms with Gasteiger partial charge in [0.25, 0.3) is 5.91 Å². The van der Waals surface area contributed by atoms with E-state index in [2.05, 4.69) is 15.2 Å². The first-order chi connectivity index (χ1) is 16.5. The summed E-state index contributed by atoms with van der Waals surface area (Å²) in [5.74, 6) is 1.84. The predicted molar refractivity (Wildman–Crippen MR) is 127 cm³/mol. The fourth-order valence-corrected chi connectivity index (χ4v) is 6.65. The average Bonchev–Trinajstić information content (AvgIpc) is 3.14. The lowest BCUT2D eigenvalue weighted by Crippen LogP contribution is -2.38. The Morgan fingerprint density at radius 3 is 2.88 bits per heavy atom. The van der Waals surface area contributed by atoms with Crippen LogP contribution in [-0.4, -0.2) is 34.6 Å². The number of fused-ring (bicyclic) bond motifs is 2. The molecular weight excluding hydrogens is 432 g/mol. The molecule has 1 aromatic carbocycles. The van der Waals surface area contributed by atoms with E-state index < -0.39 is 0 Å². The van der Waals surface area contributed by atoms with Crippen LogP contribution in [-0.2, 0) is 18.0 Å². The van der Waals surface area contributed by atoms with Crippen molar-refractivity contribution in [2.45, 2.75) is 57.4 Å². The maximum atomic E-state index is 13.6. The van der Waals surface area contributed by atoms with E-state index in [9.17, 15) is 9.59 Å². The lowest BCUT2D eigenvalue weighted by atomic mass is 9.74. The van der Waals surface area contributed by atoms with Gasteiger partial charge in [-0.05, 0) is 56.2 Å². The Morgan fingerprint density at radius 1 is 1.24 bits per heavy atom. The molecule has 2 aliphatic carbocycles. The lowest BCUT2D eigenvalue weighted by molar-refractivity contribution is 0.102. The Kier molecular flexibility index (Phi) is 4.02. The summed E-state index contributed by atoms with van der Waals surface area (Å²) in [5.41, 5.74) is 4.60. The third-order valence-electron chi connectivity index (χ3n) is 8.40. The largest absolute Gasteiger partial charge is 0.494 e. The van der Waals surface area contributed by atoms with Gasteiger partial charge in [-0.25, -0.2) is 4.98 Å². The molecule has 7 rings (SSSR count). The highest BCUT2D eigenvalue weighted by Crippen LogP contribution is 2.68. The number of carbonyl (C=O) groups is 1. The van der Waals surface area contributed by atoms with Crippen molar-refractivity contribution in [3.05, 3.63) is 57.0 Å². The third-order valence-corrected chi connectivity index (χ3v) is 8.40. The summed E-state index contributed by atoms with van der Waals surface area (Å²) in [6.45, 7) is 2.85. The van der Waals surface area contributed by atoms with E-state index in [0.717, 1.165) is 33.9 Å². The molecule has 3 unspecified atom stereocenters. The third kappa shape index (κ3) is 2.60. The zero-order valence-corrected chi connectivity index (χ0v) is 19.2. The molecule has 8 nitrogen and oxygen atoms in total. The van der Waals surface area contributed by atoms with Gasteiger partial charge < -0.3 is 24.7 Å². The number of methoxy groups -OCH3 is 1. The van der Waals surface area contributed by atoms with Crippen LogP contribution in [0.3, 0.4) is 0 Å². The van der Waals surface area contributed by atoms with Gasteiger partial charge in [-0.15, -0.1) is 0 Å². The average molecular weight is 459 g/mol. The van der Waals surface area contributed by atoms with Crippen molar-refractivity contribution in [2.75, 3.05) is 17.3 Å². The second kappa shape index (κ2) is 6.82. The Hall–Kier alpha value is -3.39. The Balaban J connectivity index is 1.28. The van der Waals surface area contributed by atoms with E-state index in [1.165, 1.54) is 25.7 Å². The molecule has 1 spiro atoms. The van der Waals surface area contributed by atoms with E-state index in [1.807, 2.05) is 19.1 Å². The fraction of sp³-hybridized carbons (Fsp3) is 0.423. The van der Waals surface area contributed by atoms with Gasteiger partial charge in [0.2, 0.25) is 5.56 Å². The second-order valence-corrected chi connectivity index (χ2v) is 10.0. The molecule has 3 atom stereocenters. The van der Waals surface area contributed by atoms with Crippen LogP contribution in [0, 0.1) is 12.8 Å². The quantitative estimate of drug-likeness (QED) is 0.580. The number of nitrogens with zero attached hydrogens (tertiary/aromatic N) is 2. The summed E-state index contributed by atoms with van der Waals surface area (Å²) in [7, 11) is 1.55. The Bertz CT molecular complexity index is 1450. The SMILES string of the molecule is COc1cc(NC(=O)c2cc3c(nc2N2C4CCC5CCC542)COC3)cc2c(C)cc(=O)[nH]c12. The second-order valence-electron chi connectivity index (χ2n) is 10.0. The van der Waals surface area contributed by atoms with Crippen LogP contribution in [0.5, 0.6) is 5.75 Å². The smallest absolute Gasteiger partial charge is 0.259 e. The molecule has 4 aliphatic rings. The molecule has 0 bridgehead atoms. The van der Waals surface area contributed by atoms with Crippen LogP contribution in [0.1, 0.15) is 52.9 Å². The molecule has 4 heterocycles. The van der Waals surface area contributed by atoms with Crippen molar-refractivity contribution in [1.29, 1.82) is 0 Å². The maximum absolute atomic E-state index is 13.6. The molecule has 1 amide bonds. The van der Waals surface area contributed by atoms with E-state index in [0.29, 0.717) is 41.8 Å². The minimum absolute atomic E-state index is 0.186. The first kappa shape index (κ1) is 20.0. The summed E-state index contributed by atoms with van der Waals surface area (Å²) in [5, 5.41) is 3.90. The number of carbonyl (C=O) groups excluding carboxylic acids is 1. The van der Waals surface area contributed by atoms with Crippen molar-refractivity contribution in [2.24, 2.45) is 5.92 Å². The number of aromatic amines is 1. The molecule has 2 saturated carbocycles. The molecule has 2 N–H and O–H groups in total. The molecular formula is C26H26N4O4. The molecule has 0 radical (unpaired) electrons. The fourth-order valence-electron chi connectivity index (χ4n) is 6.65. The molecule has 2 aliphatic heterocycles. The summed E-state index contributed by atoms with van der Waals surface area (Å²) in [4.78, 5) is 35.8. The van der Waals surface area contributed by atoms with Gasteiger partial charge in [-0.1, -0.05) is 0 Å². The van der Waals surface area contributed by atoms with Gasteiger partial charge in [0.15, 0.2) is 0 Å². The minimum atomic E-state index is -0.196. The van der Waals surface area contributed by atoms with Crippen LogP contribution < -0.4 is 20.5 Å². The van der Waals surface area contributed by atoms with Crippen molar-refractivity contribution in [3.8, 4) is 5.75 Å². The summed E-state index contributed by atoms with van der Waals surface area (Å²) in [6.07, 6.45) is 4.94. The number of aryl methyl sites for hydroxylation is 1. The number of ether oxygens (including phenoxy) is 2. The summed E-state index contributed by atoms with van der Waals surface area (Å²) >= 11 is 0. The van der Waals surface area contributed by atoms with Gasteiger partial charge in [0, 0.05) is 28.8 Å². The van der Waals surface area contributed by atoms with Crippen LogP contribution in [0.4, 0.5) is 11.5 Å². The van der Waals surface area contributed by atoms with Crippen molar-refractivity contribution in [3.63, 3.8) is 0 Å². The monoisotopic (exact) mass is 458 g/mol. The standard InChI is InChI=1S/C26H26N4O4/c1-13-7-22(31)29-23-17(13)9-16(10-20(23)33-2)27-25(32)18-8-14-11-34-12-19(14)28-24(18)30-21-4-3-15-5-6-26(15,21)30/h7-10,15,21H,3-6,11-12H2,1-2H3,(H,27,32)(H,29,31). The number of hydrogen-bond donors (Lipinski definition) is 2. The van der Waals surface area contributed by atoms with Crippen LogP contribution >= 0.6 is 0 Å². The number of amides is 1. The summed E-state index contributed by atoms with van der Waals surface area (Å²) < 4.78 is 11.1. The molecule has 1 saturated heterocycles. The zero-order chi connectivity index (χ0) is 23.2. The van der Waals surface area contributed by atoms with Crippen molar-refractivity contribution in [1.82, 2.24) is 9.97 Å². The Morgan fingerprint density at radius 2 is 2.12 bits per heavy atom. The van der Waals surface area contributed by atoms with Gasteiger partial charge in [-0.3, -0.25) is 9.59 Å². The number of rotatable bonds is 4. The van der Waals surface area contributed by atoms with Gasteiger partial charge in [0.05, 0.1) is 48.7 Å². The highest BCUT2D eigenvalue weighted by Gasteiger charge is 2.74. The summed E-state index contributed by atoms with van der Waals surface area (Å²) in [6, 6.07) is 7.62. The number of hydrogen-bond acceptors (Lipinski definition) is 6. The highest BCUT2D eigenvalue weighted by atomic mass is 16.5. The first-order valence-corrected chi connectivity index (χ1v) is 11.9. The molecule has 34 heavy (non-hydrogen) atoms. The van der Waals surface area contributed by atoms with Crippen molar-refractivity contribution >= 4 is 28.3 Å². The number of H-pyrrole nitrogens is 1. The van der Waals surface area contributed by atoms with Crippen LogP contribution in [0.2, 0.25) is 0 Å². The van der Waals surface area contributed by atoms with E-state index in [-0.39, 0.29) is 17.0 Å². The van der Waals surface area contributed by atoms with Gasteiger partial charge in [-0.2, -0.15) is 0 Å². The van der Waals surface area contributed by atoms with Crippen molar-refractivity contribution < 1.29 is 14.3 Å². The normalized spacial score (nSPS) is 26.0. The van der Waals surface area contributed by atoms with E-state index >= 15 is 0 Å². The first-order valence-electron chi connectivity index (χ1n) is 11.9. The zero-order valence-electron chi connectivity index (χ0n) is 19.2. The maximum Gasteiger partial charge on any atom is 0.259 e. The van der Waals surface area contributed by atoms with E-state index in [1.54, 1.807) is 19.2 Å². The minimum Gasteiger partial charge on any atom is -0.494 e. The molecule has 2 aromatic heterocycles. The lowest BCUT2D eigenvalue weighted by Gasteiger charge is -2.36. The number of piperidine rings is 1. The predicted octanol–water partition coefficient (Wildman–Crippen LogP) is 3.65. The van der Waals surface area contributed by atoms with Gasteiger partial charge >= 0.3 is 0 Å². The number of aromatic nitrogens is 2. The number of benzene rings is 1. The highest BCUT2D eigenvalue weighted by molar-refractivity contribution is 6.09. The molecule has 3 fully saturated rings. The Labute approximate surface area is 196 Å². The molecule has 8 heteroatoms. The molecule has 3 aromatic rings.